The molecule has 0 radical (unpaired) electrons. The van der Waals surface area contributed by atoms with Gasteiger partial charge < -0.3 is 18.6 Å². The van der Waals surface area contributed by atoms with Crippen LogP contribution in [0, 0.1) is 0 Å². The third kappa shape index (κ3) is 2.71. The molecule has 1 fully saturated rings. The number of carbonyl (C=O) groups is 1. The Labute approximate surface area is 150 Å². The van der Waals surface area contributed by atoms with Gasteiger partial charge in [-0.05, 0) is 37.1 Å². The number of carbonyl (C=O) groups excluding carboxylic acids is 1. The van der Waals surface area contributed by atoms with Gasteiger partial charge in [-0.1, -0.05) is 0 Å². The predicted octanol–water partition coefficient (Wildman–Crippen LogP) is 3.23. The number of Topliss-reactive ketones (excluding diaryl/α,β-unsaturated/α-hetero) is 1. The number of nitrogens with zero attached hydrogens (tertiary/aromatic N) is 1. The SMILES string of the molecule is O=C1/C(=C/c2ccco2)Oc2c1ccc1c2CN(C[C@H]2CCCO2)CO1. The molecule has 0 N–H and O–H groups in total. The van der Waals surface area contributed by atoms with Gasteiger partial charge in [-0.2, -0.15) is 0 Å². The zero-order valence-corrected chi connectivity index (χ0v) is 14.3. The second-order valence-electron chi connectivity index (χ2n) is 6.79. The summed E-state index contributed by atoms with van der Waals surface area (Å²) >= 11 is 0. The molecule has 6 heteroatoms. The summed E-state index contributed by atoms with van der Waals surface area (Å²) in [7, 11) is 0. The van der Waals surface area contributed by atoms with Crippen LogP contribution < -0.4 is 9.47 Å². The fourth-order valence-corrected chi connectivity index (χ4v) is 3.70. The Morgan fingerprint density at radius 3 is 3.04 bits per heavy atom. The van der Waals surface area contributed by atoms with Gasteiger partial charge in [-0.15, -0.1) is 0 Å². The van der Waals surface area contributed by atoms with Gasteiger partial charge in [-0.3, -0.25) is 9.69 Å². The Morgan fingerprint density at radius 1 is 1.27 bits per heavy atom. The van der Waals surface area contributed by atoms with Crippen molar-refractivity contribution in [1.82, 2.24) is 4.90 Å². The van der Waals surface area contributed by atoms with Crippen molar-refractivity contribution in [2.45, 2.75) is 25.5 Å². The second-order valence-corrected chi connectivity index (χ2v) is 6.79. The molecule has 2 aromatic rings. The smallest absolute Gasteiger partial charge is 0.232 e. The van der Waals surface area contributed by atoms with Crippen molar-refractivity contribution in [3.8, 4) is 11.5 Å². The monoisotopic (exact) mass is 353 g/mol. The minimum absolute atomic E-state index is 0.129. The molecule has 3 aliphatic rings. The van der Waals surface area contributed by atoms with Crippen LogP contribution in [0.15, 0.2) is 40.7 Å². The summed E-state index contributed by atoms with van der Waals surface area (Å²) in [5.74, 6) is 2.11. The van der Waals surface area contributed by atoms with E-state index in [2.05, 4.69) is 4.90 Å². The molecule has 1 aromatic heterocycles. The largest absolute Gasteiger partial charge is 0.478 e. The maximum Gasteiger partial charge on any atom is 0.232 e. The highest BCUT2D eigenvalue weighted by atomic mass is 16.5. The first kappa shape index (κ1) is 15.7. The van der Waals surface area contributed by atoms with Crippen LogP contribution in [-0.2, 0) is 11.3 Å². The average molecular weight is 353 g/mol. The molecule has 0 unspecified atom stereocenters. The molecule has 3 aliphatic heterocycles. The Kier molecular flexibility index (Phi) is 3.80. The molecule has 1 aromatic carbocycles. The second kappa shape index (κ2) is 6.30. The number of hydrogen-bond acceptors (Lipinski definition) is 6. The first-order chi connectivity index (χ1) is 12.8. The van der Waals surface area contributed by atoms with Crippen LogP contribution >= 0.6 is 0 Å². The Morgan fingerprint density at radius 2 is 2.23 bits per heavy atom. The number of furan rings is 1. The first-order valence-electron chi connectivity index (χ1n) is 8.88. The lowest BCUT2D eigenvalue weighted by Gasteiger charge is -2.31. The minimum atomic E-state index is -0.129. The molecule has 0 amide bonds. The molecule has 4 heterocycles. The third-order valence-corrected chi connectivity index (χ3v) is 4.98. The van der Waals surface area contributed by atoms with Crippen LogP contribution in [0.2, 0.25) is 0 Å². The molecule has 134 valence electrons. The normalized spacial score (nSPS) is 23.6. The summed E-state index contributed by atoms with van der Waals surface area (Å²) in [4.78, 5) is 14.9. The van der Waals surface area contributed by atoms with Crippen molar-refractivity contribution in [1.29, 1.82) is 0 Å². The van der Waals surface area contributed by atoms with Gasteiger partial charge in [0.15, 0.2) is 5.76 Å². The first-order valence-corrected chi connectivity index (χ1v) is 8.88. The van der Waals surface area contributed by atoms with Crippen LogP contribution in [0.5, 0.6) is 11.5 Å². The number of hydrogen-bond donors (Lipinski definition) is 0. The van der Waals surface area contributed by atoms with Crippen LogP contribution in [0.3, 0.4) is 0 Å². The Bertz CT molecular complexity index is 865. The van der Waals surface area contributed by atoms with Gasteiger partial charge in [-0.25, -0.2) is 0 Å². The highest BCUT2D eigenvalue weighted by Crippen LogP contribution is 2.42. The van der Waals surface area contributed by atoms with Crippen molar-refractivity contribution in [2.75, 3.05) is 19.9 Å². The van der Waals surface area contributed by atoms with Crippen LogP contribution in [-0.4, -0.2) is 36.7 Å². The van der Waals surface area contributed by atoms with Crippen LogP contribution in [0.1, 0.15) is 34.5 Å². The quantitative estimate of drug-likeness (QED) is 0.790. The van der Waals surface area contributed by atoms with Crippen molar-refractivity contribution >= 4 is 11.9 Å². The maximum absolute atomic E-state index is 12.7. The highest BCUT2D eigenvalue weighted by molar-refractivity contribution is 6.14. The summed E-state index contributed by atoms with van der Waals surface area (Å²) in [5.41, 5.74) is 1.49. The van der Waals surface area contributed by atoms with Gasteiger partial charge in [0.1, 0.15) is 24.0 Å². The zero-order chi connectivity index (χ0) is 17.5. The van der Waals surface area contributed by atoms with E-state index in [0.717, 1.165) is 37.3 Å². The van der Waals surface area contributed by atoms with E-state index in [0.29, 0.717) is 30.3 Å². The van der Waals surface area contributed by atoms with Gasteiger partial charge in [0, 0.05) is 25.8 Å². The molecular formula is C20H19NO5. The van der Waals surface area contributed by atoms with Crippen molar-refractivity contribution in [3.05, 3.63) is 53.2 Å². The van der Waals surface area contributed by atoms with E-state index in [4.69, 9.17) is 18.6 Å². The summed E-state index contributed by atoms with van der Waals surface area (Å²) in [6, 6.07) is 7.19. The van der Waals surface area contributed by atoms with Crippen molar-refractivity contribution in [3.63, 3.8) is 0 Å². The lowest BCUT2D eigenvalue weighted by atomic mass is 10.0. The summed E-state index contributed by atoms with van der Waals surface area (Å²) in [6.45, 7) is 2.87. The molecule has 1 atom stereocenters. The van der Waals surface area contributed by atoms with Crippen LogP contribution in [0.4, 0.5) is 0 Å². The molecule has 0 spiro atoms. The van der Waals surface area contributed by atoms with Crippen molar-refractivity contribution in [2.24, 2.45) is 0 Å². The van der Waals surface area contributed by atoms with Gasteiger partial charge in [0.05, 0.1) is 23.5 Å². The van der Waals surface area contributed by atoms with E-state index in [1.54, 1.807) is 30.5 Å². The fourth-order valence-electron chi connectivity index (χ4n) is 3.70. The van der Waals surface area contributed by atoms with E-state index in [1.165, 1.54) is 0 Å². The zero-order valence-electron chi connectivity index (χ0n) is 14.3. The van der Waals surface area contributed by atoms with E-state index in [1.807, 2.05) is 6.07 Å². The van der Waals surface area contributed by atoms with E-state index < -0.39 is 0 Å². The van der Waals surface area contributed by atoms with Gasteiger partial charge >= 0.3 is 0 Å². The average Bonchev–Trinajstić information content (AvgIpc) is 3.39. The minimum Gasteiger partial charge on any atom is -0.478 e. The molecular weight excluding hydrogens is 334 g/mol. The summed E-state index contributed by atoms with van der Waals surface area (Å²) < 4.78 is 22.8. The van der Waals surface area contributed by atoms with E-state index in [9.17, 15) is 4.79 Å². The van der Waals surface area contributed by atoms with Gasteiger partial charge in [0.2, 0.25) is 5.78 Å². The molecule has 1 saturated heterocycles. The fraction of sp³-hybridized carbons (Fsp3) is 0.350. The summed E-state index contributed by atoms with van der Waals surface area (Å²) in [6.07, 6.45) is 5.65. The molecule has 5 rings (SSSR count). The number of fused-ring (bicyclic) bond motifs is 3. The molecule has 6 nitrogen and oxygen atoms in total. The number of ketones is 1. The molecule has 0 bridgehead atoms. The third-order valence-electron chi connectivity index (χ3n) is 4.98. The number of benzene rings is 1. The summed E-state index contributed by atoms with van der Waals surface area (Å²) in [5, 5.41) is 0. The lowest BCUT2D eigenvalue weighted by Crippen LogP contribution is -2.37. The van der Waals surface area contributed by atoms with E-state index >= 15 is 0 Å². The Hall–Kier alpha value is -2.57. The standard InChI is InChI=1S/C20H19NO5/c22-19-15-5-6-17-16(11-21(12-25-17)10-14-4-2-8-24-14)20(15)26-18(19)9-13-3-1-7-23-13/h1,3,5-7,9,14H,2,4,8,10-12H2/b18-9-/t14-/m1/s1. The molecule has 26 heavy (non-hydrogen) atoms. The topological polar surface area (TPSA) is 61.1 Å². The van der Waals surface area contributed by atoms with Crippen molar-refractivity contribution < 1.29 is 23.4 Å². The number of rotatable bonds is 3. The highest BCUT2D eigenvalue weighted by Gasteiger charge is 2.34. The predicted molar refractivity (Wildman–Crippen MR) is 93.0 cm³/mol. The van der Waals surface area contributed by atoms with Gasteiger partial charge in [0.25, 0.3) is 0 Å². The van der Waals surface area contributed by atoms with E-state index in [-0.39, 0.29) is 17.6 Å². The van der Waals surface area contributed by atoms with Crippen LogP contribution in [0.25, 0.3) is 6.08 Å². The molecule has 0 aliphatic carbocycles. The molecule has 0 saturated carbocycles. The number of ether oxygens (including phenoxy) is 3. The Balaban J connectivity index is 1.42. The number of allylic oxidation sites excluding steroid dienone is 1. The lowest BCUT2D eigenvalue weighted by molar-refractivity contribution is 0.0274. The maximum atomic E-state index is 12.7.